The number of nitrogens with zero attached hydrogens (tertiary/aromatic N) is 4. The number of fused-ring (bicyclic) bond motifs is 1. The first-order chi connectivity index (χ1) is 15.7. The first-order valence-corrected chi connectivity index (χ1v) is 10.9. The minimum absolute atomic E-state index is 0.0847. The molecule has 2 aromatic carbocycles. The van der Waals surface area contributed by atoms with Gasteiger partial charge in [-0.1, -0.05) is 45.0 Å². The second-order valence-corrected chi connectivity index (χ2v) is 9.19. The van der Waals surface area contributed by atoms with E-state index in [0.717, 1.165) is 28.3 Å². The summed E-state index contributed by atoms with van der Waals surface area (Å²) in [4.78, 5) is 21.9. The molecule has 0 aliphatic heterocycles. The molecular weight excluding hydrogens is 414 g/mol. The molecule has 0 bridgehead atoms. The Bertz CT molecular complexity index is 1300. The molecule has 4 rings (SSSR count). The number of aryl methyl sites for hydroxylation is 2. The van der Waals surface area contributed by atoms with Gasteiger partial charge in [0.2, 0.25) is 5.91 Å². The van der Waals surface area contributed by atoms with Gasteiger partial charge in [-0.2, -0.15) is 4.98 Å². The van der Waals surface area contributed by atoms with Crippen LogP contribution in [0.15, 0.2) is 48.5 Å². The number of amides is 1. The van der Waals surface area contributed by atoms with Gasteiger partial charge in [-0.25, -0.2) is 9.50 Å². The van der Waals surface area contributed by atoms with Crippen LogP contribution in [0.5, 0.6) is 5.75 Å². The number of benzene rings is 2. The summed E-state index contributed by atoms with van der Waals surface area (Å²) in [7, 11) is 1.61. The highest BCUT2D eigenvalue weighted by Crippen LogP contribution is 2.25. The standard InChI is InChI=1S/C26H29N5O2/c1-16-22(15-23(32)28-20-11-13-21(33-6)14-12-20)17(2)31-25(27-16)29-24(30-31)18-7-9-19(10-8-18)26(3,4)5/h7-14H,15H2,1-6H3,(H,28,32). The lowest BCUT2D eigenvalue weighted by Crippen LogP contribution is -2.17. The van der Waals surface area contributed by atoms with Crippen molar-refractivity contribution >= 4 is 17.4 Å². The number of ether oxygens (including phenoxy) is 1. The fourth-order valence-corrected chi connectivity index (χ4v) is 3.75. The van der Waals surface area contributed by atoms with Crippen molar-refractivity contribution in [2.24, 2.45) is 0 Å². The predicted molar refractivity (Wildman–Crippen MR) is 130 cm³/mol. The fraction of sp³-hybridized carbons (Fsp3) is 0.308. The van der Waals surface area contributed by atoms with Crippen LogP contribution in [0.1, 0.15) is 43.3 Å². The van der Waals surface area contributed by atoms with Crippen LogP contribution < -0.4 is 10.1 Å². The van der Waals surface area contributed by atoms with Crippen LogP contribution in [0.25, 0.3) is 17.2 Å². The second-order valence-electron chi connectivity index (χ2n) is 9.19. The first kappa shape index (κ1) is 22.5. The maximum atomic E-state index is 12.7. The lowest BCUT2D eigenvalue weighted by atomic mass is 9.87. The average Bonchev–Trinajstić information content (AvgIpc) is 3.21. The van der Waals surface area contributed by atoms with Crippen molar-refractivity contribution in [2.45, 2.75) is 46.5 Å². The van der Waals surface area contributed by atoms with Crippen molar-refractivity contribution in [2.75, 3.05) is 12.4 Å². The minimum atomic E-state index is -0.120. The van der Waals surface area contributed by atoms with E-state index in [0.29, 0.717) is 17.3 Å². The maximum Gasteiger partial charge on any atom is 0.253 e. The van der Waals surface area contributed by atoms with Gasteiger partial charge in [0.05, 0.1) is 13.5 Å². The molecule has 170 valence electrons. The van der Waals surface area contributed by atoms with Crippen LogP contribution in [0.2, 0.25) is 0 Å². The molecule has 2 heterocycles. The van der Waals surface area contributed by atoms with Gasteiger partial charge in [-0.3, -0.25) is 4.79 Å². The Morgan fingerprint density at radius 1 is 1.00 bits per heavy atom. The van der Waals surface area contributed by atoms with Crippen LogP contribution in [0.4, 0.5) is 5.69 Å². The van der Waals surface area contributed by atoms with E-state index in [4.69, 9.17) is 4.74 Å². The van der Waals surface area contributed by atoms with Gasteiger partial charge in [0.25, 0.3) is 5.78 Å². The van der Waals surface area contributed by atoms with E-state index >= 15 is 0 Å². The Hall–Kier alpha value is -3.74. The summed E-state index contributed by atoms with van der Waals surface area (Å²) in [5, 5.41) is 7.61. The molecular formula is C26H29N5O2. The summed E-state index contributed by atoms with van der Waals surface area (Å²) < 4.78 is 6.88. The van der Waals surface area contributed by atoms with Crippen LogP contribution in [-0.4, -0.2) is 32.6 Å². The third-order valence-corrected chi connectivity index (χ3v) is 5.77. The third-order valence-electron chi connectivity index (χ3n) is 5.77. The Balaban J connectivity index is 1.59. The average molecular weight is 444 g/mol. The van der Waals surface area contributed by atoms with Crippen LogP contribution in [-0.2, 0) is 16.6 Å². The molecule has 0 unspecified atom stereocenters. The summed E-state index contributed by atoms with van der Waals surface area (Å²) in [6, 6.07) is 15.6. The molecule has 0 saturated heterocycles. The molecule has 1 amide bonds. The quantitative estimate of drug-likeness (QED) is 0.475. The molecule has 4 aromatic rings. The lowest BCUT2D eigenvalue weighted by Gasteiger charge is -2.18. The molecule has 0 fully saturated rings. The fourth-order valence-electron chi connectivity index (χ4n) is 3.75. The van der Waals surface area contributed by atoms with Gasteiger partial charge in [-0.15, -0.1) is 5.10 Å². The highest BCUT2D eigenvalue weighted by atomic mass is 16.5. The van der Waals surface area contributed by atoms with Crippen molar-refractivity contribution in [3.8, 4) is 17.1 Å². The van der Waals surface area contributed by atoms with Gasteiger partial charge in [0.15, 0.2) is 5.82 Å². The van der Waals surface area contributed by atoms with Crippen molar-refractivity contribution in [3.63, 3.8) is 0 Å². The number of rotatable bonds is 5. The molecule has 0 aliphatic rings. The van der Waals surface area contributed by atoms with Gasteiger partial charge < -0.3 is 10.1 Å². The summed E-state index contributed by atoms with van der Waals surface area (Å²) in [5.41, 5.74) is 5.45. The molecule has 0 radical (unpaired) electrons. The van der Waals surface area contributed by atoms with Crippen molar-refractivity contribution in [1.29, 1.82) is 0 Å². The van der Waals surface area contributed by atoms with Gasteiger partial charge in [0.1, 0.15) is 5.75 Å². The minimum Gasteiger partial charge on any atom is -0.497 e. The van der Waals surface area contributed by atoms with E-state index in [-0.39, 0.29) is 17.7 Å². The number of methoxy groups -OCH3 is 1. The highest BCUT2D eigenvalue weighted by Gasteiger charge is 2.18. The third kappa shape index (κ3) is 4.72. The Morgan fingerprint density at radius 2 is 1.67 bits per heavy atom. The van der Waals surface area contributed by atoms with E-state index in [9.17, 15) is 4.79 Å². The number of anilines is 1. The summed E-state index contributed by atoms with van der Waals surface area (Å²) in [5.74, 6) is 1.76. The van der Waals surface area contributed by atoms with Crippen LogP contribution in [0, 0.1) is 13.8 Å². The molecule has 7 heteroatoms. The van der Waals surface area contributed by atoms with E-state index < -0.39 is 0 Å². The second kappa shape index (κ2) is 8.65. The number of carbonyl (C=O) groups excluding carboxylic acids is 1. The first-order valence-electron chi connectivity index (χ1n) is 10.9. The zero-order valence-electron chi connectivity index (χ0n) is 19.9. The van der Waals surface area contributed by atoms with Crippen LogP contribution >= 0.6 is 0 Å². The molecule has 0 spiro atoms. The number of hydrogen-bond acceptors (Lipinski definition) is 5. The predicted octanol–water partition coefficient (Wildman–Crippen LogP) is 4.90. The normalized spacial score (nSPS) is 11.6. The summed E-state index contributed by atoms with van der Waals surface area (Å²) >= 11 is 0. The topological polar surface area (TPSA) is 81.4 Å². The SMILES string of the molecule is COc1ccc(NC(=O)Cc2c(C)nc3nc(-c4ccc(C(C)(C)C)cc4)nn3c2C)cc1. The zero-order chi connectivity index (χ0) is 23.8. The molecule has 2 aromatic heterocycles. The van der Waals surface area contributed by atoms with E-state index in [2.05, 4.69) is 53.3 Å². The Morgan fingerprint density at radius 3 is 2.27 bits per heavy atom. The van der Waals surface area contributed by atoms with Crippen molar-refractivity contribution in [1.82, 2.24) is 19.6 Å². The van der Waals surface area contributed by atoms with Crippen molar-refractivity contribution < 1.29 is 9.53 Å². The van der Waals surface area contributed by atoms with Crippen molar-refractivity contribution in [3.05, 3.63) is 71.0 Å². The van der Waals surface area contributed by atoms with E-state index in [1.165, 1.54) is 5.56 Å². The molecule has 33 heavy (non-hydrogen) atoms. The maximum absolute atomic E-state index is 12.7. The van der Waals surface area contributed by atoms with E-state index in [1.54, 1.807) is 11.6 Å². The number of carbonyl (C=O) groups is 1. The monoisotopic (exact) mass is 443 g/mol. The molecule has 7 nitrogen and oxygen atoms in total. The van der Waals surface area contributed by atoms with Gasteiger partial charge in [-0.05, 0) is 49.1 Å². The number of nitrogens with one attached hydrogen (secondary N) is 1. The largest absolute Gasteiger partial charge is 0.497 e. The summed E-state index contributed by atoms with van der Waals surface area (Å²) in [6.45, 7) is 10.4. The highest BCUT2D eigenvalue weighted by molar-refractivity contribution is 5.92. The van der Waals surface area contributed by atoms with Gasteiger partial charge >= 0.3 is 0 Å². The zero-order valence-corrected chi connectivity index (χ0v) is 19.9. The number of aromatic nitrogens is 4. The Kier molecular flexibility index (Phi) is 5.89. The molecule has 1 N–H and O–H groups in total. The van der Waals surface area contributed by atoms with Gasteiger partial charge in [0, 0.05) is 28.2 Å². The van der Waals surface area contributed by atoms with E-state index in [1.807, 2.05) is 50.2 Å². The molecule has 0 atom stereocenters. The lowest BCUT2D eigenvalue weighted by molar-refractivity contribution is -0.115. The Labute approximate surface area is 193 Å². The summed E-state index contributed by atoms with van der Waals surface area (Å²) in [6.07, 6.45) is 0.197. The molecule has 0 aliphatic carbocycles. The molecule has 0 saturated carbocycles. The van der Waals surface area contributed by atoms with Crippen LogP contribution in [0.3, 0.4) is 0 Å². The smallest absolute Gasteiger partial charge is 0.253 e. The number of hydrogen-bond donors (Lipinski definition) is 1.